The van der Waals surface area contributed by atoms with Crippen molar-refractivity contribution in [1.29, 1.82) is 5.26 Å². The first-order valence-corrected chi connectivity index (χ1v) is 7.21. The van der Waals surface area contributed by atoms with Gasteiger partial charge in [0.05, 0.1) is 0 Å². The molecule has 1 saturated heterocycles. The van der Waals surface area contributed by atoms with Crippen molar-refractivity contribution in [3.63, 3.8) is 0 Å². The van der Waals surface area contributed by atoms with Crippen LogP contribution in [0.3, 0.4) is 0 Å². The Kier molecular flexibility index (Phi) is 4.75. The molecule has 8 heteroatoms. The van der Waals surface area contributed by atoms with Crippen LogP contribution in [0.15, 0.2) is 6.33 Å². The molecule has 1 fully saturated rings. The second-order valence-electron chi connectivity index (χ2n) is 6.13. The minimum atomic E-state index is -0.481. The summed E-state index contributed by atoms with van der Waals surface area (Å²) >= 11 is 0. The average molecular weight is 304 g/mol. The lowest BCUT2D eigenvalue weighted by molar-refractivity contribution is 0.0210. The van der Waals surface area contributed by atoms with Crippen LogP contribution >= 0.6 is 0 Å². The van der Waals surface area contributed by atoms with Crippen LogP contribution in [0.5, 0.6) is 0 Å². The van der Waals surface area contributed by atoms with E-state index in [-0.39, 0.29) is 18.0 Å². The van der Waals surface area contributed by atoms with Crippen LogP contribution in [0.25, 0.3) is 0 Å². The molecule has 0 saturated carbocycles. The van der Waals surface area contributed by atoms with E-state index in [4.69, 9.17) is 10.00 Å². The molecule has 8 nitrogen and oxygen atoms in total. The Bertz CT molecular complexity index is 569. The summed E-state index contributed by atoms with van der Waals surface area (Å²) in [6.07, 6.45) is 2.57. The number of aromatic nitrogens is 3. The fourth-order valence-corrected chi connectivity index (χ4v) is 2.14. The van der Waals surface area contributed by atoms with Crippen LogP contribution in [0.1, 0.15) is 39.4 Å². The Hall–Kier alpha value is -2.43. The monoisotopic (exact) mass is 304 g/mol. The number of carbonyl (C=O) groups is 1. The summed E-state index contributed by atoms with van der Waals surface area (Å²) in [5.41, 5.74) is -0.481. The minimum Gasteiger partial charge on any atom is -0.444 e. The number of ether oxygens (including phenoxy) is 1. The average Bonchev–Trinajstić information content (AvgIpc) is 2.46. The molecular formula is C14H20N6O2. The Labute approximate surface area is 129 Å². The van der Waals surface area contributed by atoms with Gasteiger partial charge in [-0.05, 0) is 33.6 Å². The van der Waals surface area contributed by atoms with Gasteiger partial charge >= 0.3 is 6.09 Å². The maximum atomic E-state index is 12.0. The van der Waals surface area contributed by atoms with Gasteiger partial charge in [-0.3, -0.25) is 0 Å². The zero-order valence-electron chi connectivity index (χ0n) is 13.0. The third-order valence-corrected chi connectivity index (χ3v) is 3.15. The van der Waals surface area contributed by atoms with E-state index < -0.39 is 5.60 Å². The number of amides is 1. The molecule has 2 rings (SSSR count). The van der Waals surface area contributed by atoms with Crippen molar-refractivity contribution in [3.8, 4) is 6.07 Å². The molecule has 0 bridgehead atoms. The quantitative estimate of drug-likeness (QED) is 0.884. The normalized spacial score (nSPS) is 16.0. The summed E-state index contributed by atoms with van der Waals surface area (Å²) in [6, 6.07) is 2.04. The number of nitrogens with zero attached hydrogens (tertiary/aromatic N) is 5. The van der Waals surface area contributed by atoms with Crippen molar-refractivity contribution >= 4 is 12.0 Å². The highest BCUT2D eigenvalue weighted by molar-refractivity contribution is 5.68. The standard InChI is InChI=1S/C14H20N6O2/c1-14(2,3)22-13(21)20-6-4-10(5-7-20)18-12-17-9-16-11(8-15)19-12/h9-10H,4-7H2,1-3H3,(H,16,17,18,19). The molecule has 1 amide bonds. The zero-order valence-corrected chi connectivity index (χ0v) is 13.0. The van der Waals surface area contributed by atoms with Crippen LogP contribution in [-0.4, -0.2) is 50.7 Å². The van der Waals surface area contributed by atoms with Gasteiger partial charge in [-0.15, -0.1) is 0 Å². The molecule has 1 aliphatic rings. The van der Waals surface area contributed by atoms with E-state index in [9.17, 15) is 4.79 Å². The fraction of sp³-hybridized carbons (Fsp3) is 0.643. The molecule has 1 aliphatic heterocycles. The smallest absolute Gasteiger partial charge is 0.410 e. The zero-order chi connectivity index (χ0) is 16.2. The van der Waals surface area contributed by atoms with Crippen LogP contribution in [0, 0.1) is 11.3 Å². The van der Waals surface area contributed by atoms with E-state index >= 15 is 0 Å². The van der Waals surface area contributed by atoms with Gasteiger partial charge in [0.25, 0.3) is 0 Å². The van der Waals surface area contributed by atoms with Gasteiger partial charge in [0.1, 0.15) is 18.0 Å². The maximum absolute atomic E-state index is 12.0. The summed E-state index contributed by atoms with van der Waals surface area (Å²) in [5.74, 6) is 0.478. The number of rotatable bonds is 2. The number of likely N-dealkylation sites (tertiary alicyclic amines) is 1. The van der Waals surface area contributed by atoms with Gasteiger partial charge in [0.15, 0.2) is 0 Å². The Morgan fingerprint density at radius 3 is 2.68 bits per heavy atom. The molecule has 0 atom stereocenters. The van der Waals surface area contributed by atoms with Crippen molar-refractivity contribution < 1.29 is 9.53 Å². The molecule has 1 aromatic heterocycles. The molecule has 2 heterocycles. The maximum Gasteiger partial charge on any atom is 0.410 e. The van der Waals surface area contributed by atoms with Crippen LogP contribution in [0.4, 0.5) is 10.7 Å². The van der Waals surface area contributed by atoms with E-state index in [0.717, 1.165) is 12.8 Å². The SMILES string of the molecule is CC(C)(C)OC(=O)N1CCC(Nc2ncnc(C#N)n2)CC1. The summed E-state index contributed by atoms with van der Waals surface area (Å²) in [4.78, 5) is 25.4. The van der Waals surface area contributed by atoms with Crippen molar-refractivity contribution in [2.24, 2.45) is 0 Å². The molecule has 1 aromatic rings. The summed E-state index contributed by atoms with van der Waals surface area (Å²) in [5, 5.41) is 11.9. The summed E-state index contributed by atoms with van der Waals surface area (Å²) in [6.45, 7) is 6.79. The highest BCUT2D eigenvalue weighted by Crippen LogP contribution is 2.17. The first-order chi connectivity index (χ1) is 10.4. The first-order valence-electron chi connectivity index (χ1n) is 7.21. The first kappa shape index (κ1) is 15.9. The number of anilines is 1. The highest BCUT2D eigenvalue weighted by Gasteiger charge is 2.27. The Balaban J connectivity index is 1.84. The van der Waals surface area contributed by atoms with Gasteiger partial charge in [0, 0.05) is 19.1 Å². The van der Waals surface area contributed by atoms with Gasteiger partial charge < -0.3 is 15.0 Å². The molecule has 0 aliphatic carbocycles. The van der Waals surface area contributed by atoms with E-state index in [2.05, 4.69) is 20.3 Å². The third kappa shape index (κ3) is 4.55. The molecule has 1 N–H and O–H groups in total. The van der Waals surface area contributed by atoms with Crippen LogP contribution in [0.2, 0.25) is 0 Å². The molecule has 0 unspecified atom stereocenters. The second kappa shape index (κ2) is 6.56. The lowest BCUT2D eigenvalue weighted by Gasteiger charge is -2.33. The van der Waals surface area contributed by atoms with Gasteiger partial charge in [-0.2, -0.15) is 10.2 Å². The molecule has 0 spiro atoms. The molecule has 22 heavy (non-hydrogen) atoms. The fourth-order valence-electron chi connectivity index (χ4n) is 2.14. The highest BCUT2D eigenvalue weighted by atomic mass is 16.6. The topological polar surface area (TPSA) is 104 Å². The number of carbonyl (C=O) groups excluding carboxylic acids is 1. The van der Waals surface area contributed by atoms with Crippen molar-refractivity contribution in [1.82, 2.24) is 19.9 Å². The largest absolute Gasteiger partial charge is 0.444 e. The van der Waals surface area contributed by atoms with Crippen molar-refractivity contribution in [3.05, 3.63) is 12.2 Å². The van der Waals surface area contributed by atoms with Crippen molar-refractivity contribution in [2.75, 3.05) is 18.4 Å². The number of hydrogen-bond donors (Lipinski definition) is 1. The second-order valence-corrected chi connectivity index (χ2v) is 6.13. The minimum absolute atomic E-state index is 0.0868. The van der Waals surface area contributed by atoms with E-state index in [0.29, 0.717) is 19.0 Å². The molecule has 0 aromatic carbocycles. The van der Waals surface area contributed by atoms with Gasteiger partial charge in [-0.25, -0.2) is 14.8 Å². The van der Waals surface area contributed by atoms with Gasteiger partial charge in [0.2, 0.25) is 11.8 Å². The van der Waals surface area contributed by atoms with E-state index in [1.807, 2.05) is 26.8 Å². The van der Waals surface area contributed by atoms with Gasteiger partial charge in [-0.1, -0.05) is 0 Å². The van der Waals surface area contributed by atoms with Crippen LogP contribution in [-0.2, 0) is 4.74 Å². The summed E-state index contributed by atoms with van der Waals surface area (Å²) < 4.78 is 5.36. The van der Waals surface area contributed by atoms with E-state index in [1.165, 1.54) is 6.33 Å². The molecule has 118 valence electrons. The number of nitriles is 1. The van der Waals surface area contributed by atoms with Crippen LogP contribution < -0.4 is 5.32 Å². The number of piperidine rings is 1. The predicted molar refractivity (Wildman–Crippen MR) is 79.0 cm³/mol. The van der Waals surface area contributed by atoms with E-state index in [1.54, 1.807) is 4.90 Å². The molecule has 0 radical (unpaired) electrons. The Morgan fingerprint density at radius 1 is 1.41 bits per heavy atom. The number of nitrogens with one attached hydrogen (secondary N) is 1. The Morgan fingerprint density at radius 2 is 2.09 bits per heavy atom. The third-order valence-electron chi connectivity index (χ3n) is 3.15. The molecular weight excluding hydrogens is 284 g/mol. The summed E-state index contributed by atoms with van der Waals surface area (Å²) in [7, 11) is 0. The number of hydrogen-bond acceptors (Lipinski definition) is 7. The predicted octanol–water partition coefficient (Wildman–Crippen LogP) is 1.55. The van der Waals surface area contributed by atoms with Crippen molar-refractivity contribution in [2.45, 2.75) is 45.3 Å². The lowest BCUT2D eigenvalue weighted by Crippen LogP contribution is -2.44. The lowest BCUT2D eigenvalue weighted by atomic mass is 10.1.